The minimum absolute atomic E-state index is 0.131. The van der Waals surface area contributed by atoms with Crippen molar-refractivity contribution < 1.29 is 4.55 Å². The fraction of sp³-hybridized carbons (Fsp3) is 0.786. The molecule has 2 rings (SSSR count). The molecule has 0 bridgehead atoms. The number of rotatable bonds is 2. The lowest BCUT2D eigenvalue weighted by atomic mass is 9.85. The fourth-order valence-corrected chi connectivity index (χ4v) is 3.27. The molecule has 0 saturated carbocycles. The summed E-state index contributed by atoms with van der Waals surface area (Å²) in [7, 11) is 0. The first-order valence-corrected chi connectivity index (χ1v) is 7.97. The molecule has 5 heteroatoms. The molecule has 0 fully saturated rings. The van der Waals surface area contributed by atoms with Crippen LogP contribution in [0.25, 0.3) is 0 Å². The average Bonchev–Trinajstić information content (AvgIpc) is 2.77. The first-order valence-electron chi connectivity index (χ1n) is 6.82. The van der Waals surface area contributed by atoms with Crippen LogP contribution in [0.5, 0.6) is 0 Å². The molecule has 0 spiro atoms. The molecule has 1 aromatic rings. The van der Waals surface area contributed by atoms with Crippen LogP contribution >= 0.6 is 0 Å². The Morgan fingerprint density at radius 2 is 1.95 bits per heavy atom. The third-order valence-electron chi connectivity index (χ3n) is 3.62. The van der Waals surface area contributed by atoms with E-state index in [1.807, 2.05) is 33.0 Å². The van der Waals surface area contributed by atoms with E-state index in [0.717, 1.165) is 12.1 Å². The predicted octanol–water partition coefficient (Wildman–Crippen LogP) is 2.97. The Morgan fingerprint density at radius 1 is 1.32 bits per heavy atom. The van der Waals surface area contributed by atoms with Gasteiger partial charge >= 0.3 is 0 Å². The number of fused-ring (bicyclic) bond motifs is 1. The second-order valence-corrected chi connectivity index (χ2v) is 9.37. The van der Waals surface area contributed by atoms with Crippen molar-refractivity contribution in [3.05, 3.63) is 18.0 Å². The van der Waals surface area contributed by atoms with Crippen LogP contribution in [0.15, 0.2) is 12.3 Å². The van der Waals surface area contributed by atoms with Gasteiger partial charge in [0, 0.05) is 17.6 Å². The Kier molecular flexibility index (Phi) is 3.75. The first kappa shape index (κ1) is 14.9. The minimum atomic E-state index is -1.05. The maximum Gasteiger partial charge on any atom is 0.136 e. The van der Waals surface area contributed by atoms with Crippen LogP contribution < -0.4 is 4.72 Å². The summed E-state index contributed by atoms with van der Waals surface area (Å²) in [5.74, 6) is 0. The van der Waals surface area contributed by atoms with Gasteiger partial charge in [-0.1, -0.05) is 20.8 Å². The van der Waals surface area contributed by atoms with Gasteiger partial charge in [0.2, 0.25) is 0 Å². The third kappa shape index (κ3) is 2.98. The zero-order chi connectivity index (χ0) is 14.4. The van der Waals surface area contributed by atoms with Gasteiger partial charge in [-0.25, -0.2) is 0 Å². The molecule has 1 N–H and O–H groups in total. The summed E-state index contributed by atoms with van der Waals surface area (Å²) in [6.07, 6.45) is 2.79. The van der Waals surface area contributed by atoms with Crippen molar-refractivity contribution in [1.29, 1.82) is 0 Å². The van der Waals surface area contributed by atoms with Gasteiger partial charge in [0.15, 0.2) is 0 Å². The topological polar surface area (TPSA) is 52.9 Å². The van der Waals surface area contributed by atoms with Crippen LogP contribution in [-0.2, 0) is 11.4 Å². The summed E-state index contributed by atoms with van der Waals surface area (Å²) in [5, 5.41) is 4.44. The minimum Gasteiger partial charge on any atom is -0.598 e. The second kappa shape index (κ2) is 4.79. The smallest absolute Gasteiger partial charge is 0.136 e. The van der Waals surface area contributed by atoms with Gasteiger partial charge in [-0.05, 0) is 38.7 Å². The Morgan fingerprint density at radius 3 is 2.47 bits per heavy atom. The van der Waals surface area contributed by atoms with Crippen molar-refractivity contribution in [2.24, 2.45) is 5.41 Å². The van der Waals surface area contributed by atoms with Gasteiger partial charge in [-0.3, -0.25) is 4.68 Å². The summed E-state index contributed by atoms with van der Waals surface area (Å²) < 4.78 is 17.4. The van der Waals surface area contributed by atoms with Crippen LogP contribution in [0.3, 0.4) is 0 Å². The highest BCUT2D eigenvalue weighted by Crippen LogP contribution is 2.44. The van der Waals surface area contributed by atoms with E-state index in [-0.39, 0.29) is 16.2 Å². The van der Waals surface area contributed by atoms with Crippen LogP contribution in [-0.4, -0.2) is 19.1 Å². The summed E-state index contributed by atoms with van der Waals surface area (Å²) in [6, 6.07) is 2.52. The van der Waals surface area contributed by atoms with Gasteiger partial charge in [0.05, 0.1) is 17.8 Å². The van der Waals surface area contributed by atoms with Gasteiger partial charge in [0.1, 0.15) is 4.75 Å². The van der Waals surface area contributed by atoms with Crippen LogP contribution in [0, 0.1) is 5.41 Å². The SMILES string of the molecule is CC(C)(C)[C@H]1C[C@@H](N[S+]([O-])C(C)(C)C)c2ccnn21. The van der Waals surface area contributed by atoms with E-state index in [2.05, 4.69) is 35.3 Å². The molecule has 1 unspecified atom stereocenters. The Balaban J connectivity index is 2.19. The zero-order valence-corrected chi connectivity index (χ0v) is 13.5. The first-order chi connectivity index (χ1) is 8.60. The molecule has 0 saturated heterocycles. The number of hydrogen-bond acceptors (Lipinski definition) is 3. The van der Waals surface area contributed by atoms with Gasteiger partial charge in [0.25, 0.3) is 0 Å². The summed E-state index contributed by atoms with van der Waals surface area (Å²) in [5.41, 5.74) is 1.30. The normalized spacial score (nSPS) is 25.4. The maximum atomic E-state index is 12.3. The van der Waals surface area contributed by atoms with Crippen molar-refractivity contribution in [1.82, 2.24) is 14.5 Å². The number of aromatic nitrogens is 2. The van der Waals surface area contributed by atoms with Gasteiger partial charge in [-0.15, -0.1) is 4.72 Å². The molecular weight excluding hydrogens is 258 g/mol. The molecule has 0 amide bonds. The second-order valence-electron chi connectivity index (χ2n) is 7.37. The van der Waals surface area contributed by atoms with E-state index in [4.69, 9.17) is 0 Å². The highest BCUT2D eigenvalue weighted by molar-refractivity contribution is 7.90. The highest BCUT2D eigenvalue weighted by atomic mass is 32.2. The lowest BCUT2D eigenvalue weighted by Gasteiger charge is -2.28. The summed E-state index contributed by atoms with van der Waals surface area (Å²) in [6.45, 7) is 12.7. The highest BCUT2D eigenvalue weighted by Gasteiger charge is 2.41. The zero-order valence-electron chi connectivity index (χ0n) is 12.7. The van der Waals surface area contributed by atoms with Crippen LogP contribution in [0.1, 0.15) is 65.7 Å². The number of hydrogen-bond donors (Lipinski definition) is 1. The fourth-order valence-electron chi connectivity index (χ4n) is 2.44. The lowest BCUT2D eigenvalue weighted by molar-refractivity contribution is 0.229. The molecule has 1 aliphatic heterocycles. The van der Waals surface area contributed by atoms with Crippen molar-refractivity contribution in [2.45, 2.75) is 64.8 Å². The van der Waals surface area contributed by atoms with E-state index in [1.54, 1.807) is 0 Å². The summed E-state index contributed by atoms with van der Waals surface area (Å²) in [4.78, 5) is 0. The quantitative estimate of drug-likeness (QED) is 0.849. The van der Waals surface area contributed by atoms with Crippen molar-refractivity contribution >= 4 is 11.4 Å². The Hall–Kier alpha value is -0.520. The van der Waals surface area contributed by atoms with Crippen molar-refractivity contribution in [2.75, 3.05) is 0 Å². The van der Waals surface area contributed by atoms with E-state index in [1.165, 1.54) is 0 Å². The molecule has 0 aliphatic carbocycles. The molecule has 0 radical (unpaired) electrons. The van der Waals surface area contributed by atoms with E-state index in [0.29, 0.717) is 6.04 Å². The molecule has 108 valence electrons. The molecule has 1 aliphatic rings. The van der Waals surface area contributed by atoms with Crippen molar-refractivity contribution in [3.8, 4) is 0 Å². The van der Waals surface area contributed by atoms with E-state index < -0.39 is 11.4 Å². The number of nitrogens with zero attached hydrogens (tertiary/aromatic N) is 2. The lowest BCUT2D eigenvalue weighted by Crippen LogP contribution is -2.40. The predicted molar refractivity (Wildman–Crippen MR) is 79.1 cm³/mol. The van der Waals surface area contributed by atoms with Gasteiger partial charge < -0.3 is 4.55 Å². The van der Waals surface area contributed by atoms with Crippen LogP contribution in [0.2, 0.25) is 0 Å². The average molecular weight is 283 g/mol. The van der Waals surface area contributed by atoms with Crippen LogP contribution in [0.4, 0.5) is 0 Å². The largest absolute Gasteiger partial charge is 0.598 e. The molecule has 4 nitrogen and oxygen atoms in total. The molecule has 2 heterocycles. The monoisotopic (exact) mass is 283 g/mol. The third-order valence-corrected chi connectivity index (χ3v) is 5.23. The molecule has 19 heavy (non-hydrogen) atoms. The molecule has 1 aromatic heterocycles. The molecule has 3 atom stereocenters. The van der Waals surface area contributed by atoms with Gasteiger partial charge in [-0.2, -0.15) is 5.10 Å². The standard InChI is InChI=1S/C14H25N3OS/c1-13(2,3)12-9-10(11-7-8-15-17(11)12)16-19(18)14(4,5)6/h7-8,10,12,16H,9H2,1-6H3/t10-,12-,19?/m1/s1. The summed E-state index contributed by atoms with van der Waals surface area (Å²) >= 11 is -1.05. The van der Waals surface area contributed by atoms with Crippen molar-refractivity contribution in [3.63, 3.8) is 0 Å². The van der Waals surface area contributed by atoms with E-state index >= 15 is 0 Å². The Bertz CT molecular complexity index is 444. The molecular formula is C14H25N3OS. The maximum absolute atomic E-state index is 12.3. The molecule has 0 aromatic carbocycles. The van der Waals surface area contributed by atoms with E-state index in [9.17, 15) is 4.55 Å². The Labute approximate surface area is 119 Å². The number of nitrogens with one attached hydrogen (secondary N) is 1.